The van der Waals surface area contributed by atoms with Crippen molar-refractivity contribution in [3.8, 4) is 0 Å². The summed E-state index contributed by atoms with van der Waals surface area (Å²) in [6.07, 6.45) is 17.1. The van der Waals surface area contributed by atoms with E-state index in [2.05, 4.69) is 12.2 Å². The number of amides is 1. The second-order valence-corrected chi connectivity index (χ2v) is 6.62. The number of carboxylic acid groups (broad SMARTS) is 1. The first-order chi connectivity index (χ1) is 11.1. The van der Waals surface area contributed by atoms with Gasteiger partial charge < -0.3 is 10.4 Å². The Morgan fingerprint density at radius 1 is 0.792 bits per heavy atom. The number of rotatable bonds is 16. The second-order valence-electron chi connectivity index (χ2n) is 6.62. The summed E-state index contributed by atoms with van der Waals surface area (Å²) >= 11 is 0. The summed E-state index contributed by atoms with van der Waals surface area (Å²) in [5, 5.41) is 11.2. The summed E-state index contributed by atoms with van der Waals surface area (Å²) in [7, 11) is 0. The molecule has 0 aliphatic carbocycles. The molecule has 0 saturated heterocycles. The van der Waals surface area contributed by atoms with Crippen molar-refractivity contribution in [3.63, 3.8) is 0 Å². The van der Waals surface area contributed by atoms with Gasteiger partial charge in [-0.2, -0.15) is 0 Å². The van der Waals surface area contributed by atoms with Crippen molar-refractivity contribution in [2.24, 2.45) is 0 Å². The fourth-order valence-corrected chi connectivity index (χ4v) is 2.68. The zero-order valence-corrected chi connectivity index (χ0v) is 15.2. The van der Waals surface area contributed by atoms with Crippen LogP contribution in [-0.4, -0.2) is 52.6 Å². The topological polar surface area (TPSA) is 66.4 Å². The van der Waals surface area contributed by atoms with E-state index in [-0.39, 0.29) is 35.5 Å². The zero-order chi connectivity index (χ0) is 17.3. The Morgan fingerprint density at radius 3 is 1.54 bits per heavy atom. The van der Waals surface area contributed by atoms with Gasteiger partial charge in [0.25, 0.3) is 0 Å². The number of carbonyl (C=O) groups is 2. The maximum atomic E-state index is 11.5. The van der Waals surface area contributed by atoms with E-state index in [4.69, 9.17) is 5.11 Å². The van der Waals surface area contributed by atoms with Crippen LogP contribution in [0.15, 0.2) is 0 Å². The van der Waals surface area contributed by atoms with Crippen LogP contribution in [0, 0.1) is 0 Å². The molecule has 0 bridgehead atoms. The van der Waals surface area contributed by atoms with E-state index in [1.165, 1.54) is 77.6 Å². The molecule has 0 aliphatic rings. The molecule has 0 aromatic carbocycles. The number of unbranched alkanes of at least 4 members (excludes halogenated alkanes) is 12. The van der Waals surface area contributed by atoms with Gasteiger partial charge in [-0.1, -0.05) is 84.0 Å². The second kappa shape index (κ2) is 19.3. The number of nitrogens with one attached hydrogen (secondary N) is 1. The standard InChI is InChI=1S/C19H37NO3.Na.H/c1-3-4-5-6-7-8-9-10-11-12-13-14-15-16-18(21)20-17(2)19(22)23;;/h17H,3-16H2,1-2H3,(H,20,21)(H,22,23);;/t17-;;/m0../s1. The summed E-state index contributed by atoms with van der Waals surface area (Å²) in [5.74, 6) is -1.13. The van der Waals surface area contributed by atoms with Crippen LogP contribution in [0.1, 0.15) is 104 Å². The maximum absolute atomic E-state index is 11.5. The average molecular weight is 352 g/mol. The molecule has 4 nitrogen and oxygen atoms in total. The molecule has 0 fully saturated rings. The quantitative estimate of drug-likeness (QED) is 0.320. The van der Waals surface area contributed by atoms with Crippen molar-refractivity contribution >= 4 is 41.4 Å². The molecule has 0 aromatic heterocycles. The first-order valence-electron chi connectivity index (χ1n) is 9.60. The molecule has 0 spiro atoms. The average Bonchev–Trinajstić information content (AvgIpc) is 2.51. The Hall–Kier alpha value is -0.0600. The van der Waals surface area contributed by atoms with E-state index in [0.29, 0.717) is 6.42 Å². The van der Waals surface area contributed by atoms with Crippen LogP contribution in [0.4, 0.5) is 0 Å². The van der Waals surface area contributed by atoms with Crippen LogP contribution in [0.25, 0.3) is 0 Å². The third-order valence-corrected chi connectivity index (χ3v) is 4.26. The summed E-state index contributed by atoms with van der Waals surface area (Å²) in [6, 6.07) is -0.788. The van der Waals surface area contributed by atoms with Gasteiger partial charge in [0.05, 0.1) is 0 Å². The molecule has 0 saturated carbocycles. The Morgan fingerprint density at radius 2 is 1.17 bits per heavy atom. The van der Waals surface area contributed by atoms with E-state index < -0.39 is 12.0 Å². The molecule has 1 amide bonds. The minimum atomic E-state index is -0.983. The van der Waals surface area contributed by atoms with Crippen molar-refractivity contribution in [2.45, 2.75) is 110 Å². The molecule has 5 heteroatoms. The predicted octanol–water partition coefficient (Wildman–Crippen LogP) is 4.41. The predicted molar refractivity (Wildman–Crippen MR) is 103 cm³/mol. The number of carbonyl (C=O) groups excluding carboxylic acids is 1. The molecule has 0 aromatic rings. The van der Waals surface area contributed by atoms with Crippen LogP contribution < -0.4 is 5.32 Å². The molecule has 2 N–H and O–H groups in total. The molecule has 0 unspecified atom stereocenters. The van der Waals surface area contributed by atoms with Crippen LogP contribution in [0.5, 0.6) is 0 Å². The number of hydrogen-bond donors (Lipinski definition) is 2. The van der Waals surface area contributed by atoms with E-state index in [0.717, 1.165) is 12.8 Å². The molecule has 0 heterocycles. The fraction of sp³-hybridized carbons (Fsp3) is 0.895. The Balaban J connectivity index is 0. The molecule has 1 atom stereocenters. The van der Waals surface area contributed by atoms with Crippen LogP contribution in [0.3, 0.4) is 0 Å². The molecule has 0 rings (SSSR count). The first kappa shape index (κ1) is 26.2. The third kappa shape index (κ3) is 18.3. The Kier molecular flexibility index (Phi) is 21.0. The van der Waals surface area contributed by atoms with Gasteiger partial charge in [0, 0.05) is 6.42 Å². The van der Waals surface area contributed by atoms with Gasteiger partial charge in [0.15, 0.2) is 0 Å². The Bertz CT molecular complexity index is 311. The van der Waals surface area contributed by atoms with E-state index in [1.807, 2.05) is 0 Å². The van der Waals surface area contributed by atoms with Crippen LogP contribution in [-0.2, 0) is 9.59 Å². The summed E-state index contributed by atoms with van der Waals surface area (Å²) in [4.78, 5) is 22.1. The van der Waals surface area contributed by atoms with Crippen LogP contribution >= 0.6 is 0 Å². The van der Waals surface area contributed by atoms with E-state index in [9.17, 15) is 9.59 Å². The monoisotopic (exact) mass is 351 g/mol. The molecule has 0 radical (unpaired) electrons. The van der Waals surface area contributed by atoms with Crippen molar-refractivity contribution in [3.05, 3.63) is 0 Å². The van der Waals surface area contributed by atoms with Crippen molar-refractivity contribution < 1.29 is 14.7 Å². The number of carboxylic acids is 1. The summed E-state index contributed by atoms with van der Waals surface area (Å²) in [6.45, 7) is 3.74. The first-order valence-corrected chi connectivity index (χ1v) is 9.60. The van der Waals surface area contributed by atoms with Gasteiger partial charge in [-0.05, 0) is 13.3 Å². The van der Waals surface area contributed by atoms with Crippen molar-refractivity contribution in [2.75, 3.05) is 0 Å². The van der Waals surface area contributed by atoms with Crippen molar-refractivity contribution in [1.82, 2.24) is 5.32 Å². The van der Waals surface area contributed by atoms with Crippen molar-refractivity contribution in [1.29, 1.82) is 0 Å². The molecule has 0 aliphatic heterocycles. The molecule has 24 heavy (non-hydrogen) atoms. The van der Waals surface area contributed by atoms with Gasteiger partial charge in [-0.15, -0.1) is 0 Å². The van der Waals surface area contributed by atoms with Gasteiger partial charge in [0.2, 0.25) is 5.91 Å². The van der Waals surface area contributed by atoms with Gasteiger partial charge in [0.1, 0.15) is 6.04 Å². The van der Waals surface area contributed by atoms with Gasteiger partial charge in [-0.25, -0.2) is 0 Å². The molecule has 138 valence electrons. The normalized spacial score (nSPS) is 11.6. The molecular weight excluding hydrogens is 313 g/mol. The SMILES string of the molecule is CCCCCCCCCCCCCCCC(=O)N[C@@H](C)C(=O)O.[NaH]. The minimum absolute atomic E-state index is 0. The van der Waals surface area contributed by atoms with Gasteiger partial charge in [-0.3, -0.25) is 9.59 Å². The Labute approximate surface area is 170 Å². The molecular formula is C19H38NNaO3. The van der Waals surface area contributed by atoms with E-state index >= 15 is 0 Å². The third-order valence-electron chi connectivity index (χ3n) is 4.26. The van der Waals surface area contributed by atoms with E-state index in [1.54, 1.807) is 0 Å². The summed E-state index contributed by atoms with van der Waals surface area (Å²) < 4.78 is 0. The van der Waals surface area contributed by atoms with Gasteiger partial charge >= 0.3 is 35.5 Å². The summed E-state index contributed by atoms with van der Waals surface area (Å²) in [5.41, 5.74) is 0. The number of hydrogen-bond acceptors (Lipinski definition) is 2. The fourth-order valence-electron chi connectivity index (χ4n) is 2.68. The number of aliphatic carboxylic acids is 1. The van der Waals surface area contributed by atoms with Crippen LogP contribution in [0.2, 0.25) is 0 Å². The zero-order valence-electron chi connectivity index (χ0n) is 15.2.